The van der Waals surface area contributed by atoms with Crippen LogP contribution in [0.15, 0.2) is 46.2 Å². The van der Waals surface area contributed by atoms with Gasteiger partial charge in [0.05, 0.1) is 9.79 Å². The maximum Gasteiger partial charge on any atom is 0.243 e. The normalized spacial score (nSPS) is 13.5. The van der Waals surface area contributed by atoms with Crippen LogP contribution in [0.3, 0.4) is 0 Å². The van der Waals surface area contributed by atoms with E-state index in [4.69, 9.17) is 0 Å². The molecule has 0 amide bonds. The molecule has 2 aromatic carbocycles. The molecule has 0 aromatic heterocycles. The Balaban J connectivity index is 1.94. The van der Waals surface area contributed by atoms with Gasteiger partial charge < -0.3 is 0 Å². The van der Waals surface area contributed by atoms with E-state index in [1.54, 1.807) is 32.9 Å². The number of rotatable bonds is 12. The van der Waals surface area contributed by atoms with Gasteiger partial charge in [-0.15, -0.1) is 0 Å². The quantitative estimate of drug-likeness (QED) is 0.361. The highest BCUT2D eigenvalue weighted by molar-refractivity contribution is 7.89. The first kappa shape index (κ1) is 25.9. The second-order valence-corrected chi connectivity index (χ2v) is 12.5. The first-order chi connectivity index (χ1) is 15.7. The lowest BCUT2D eigenvalue weighted by atomic mass is 10.1. The maximum atomic E-state index is 13.2. The molecule has 6 nitrogen and oxygen atoms in total. The summed E-state index contributed by atoms with van der Waals surface area (Å²) in [7, 11) is -7.12. The molecule has 0 bridgehead atoms. The maximum absolute atomic E-state index is 13.2. The molecular weight excluding hydrogens is 456 g/mol. The second-order valence-electron chi connectivity index (χ2n) is 8.62. The minimum Gasteiger partial charge on any atom is -0.207 e. The van der Waals surface area contributed by atoms with Gasteiger partial charge in [-0.2, -0.15) is 8.61 Å². The Morgan fingerprint density at radius 3 is 1.24 bits per heavy atom. The Morgan fingerprint density at radius 2 is 0.939 bits per heavy atom. The zero-order valence-corrected chi connectivity index (χ0v) is 21.8. The van der Waals surface area contributed by atoms with Crippen molar-refractivity contribution in [2.24, 2.45) is 0 Å². The Morgan fingerprint density at radius 1 is 0.606 bits per heavy atom. The molecule has 0 fully saturated rings. The smallest absolute Gasteiger partial charge is 0.207 e. The molecule has 8 heteroatoms. The fourth-order valence-corrected chi connectivity index (χ4v) is 7.83. The van der Waals surface area contributed by atoms with Gasteiger partial charge in [0.25, 0.3) is 0 Å². The van der Waals surface area contributed by atoms with Crippen molar-refractivity contribution in [1.82, 2.24) is 8.61 Å². The van der Waals surface area contributed by atoms with Crippen LogP contribution < -0.4 is 0 Å². The SMILES string of the molecule is CCCN(CCC)S(=O)(=O)c1ccc2c(c1)Cc1cc(S(=O)(=O)N(CCC)CCC)ccc1-2. The lowest BCUT2D eigenvalue weighted by molar-refractivity contribution is 0.409. The fourth-order valence-electron chi connectivity index (χ4n) is 4.48. The van der Waals surface area contributed by atoms with Gasteiger partial charge in [-0.25, -0.2) is 16.8 Å². The molecule has 2 aromatic rings. The van der Waals surface area contributed by atoms with Crippen LogP contribution in [0.4, 0.5) is 0 Å². The summed E-state index contributed by atoms with van der Waals surface area (Å²) in [6.45, 7) is 9.91. The van der Waals surface area contributed by atoms with Gasteiger partial charge in [0.1, 0.15) is 0 Å². The lowest BCUT2D eigenvalue weighted by Crippen LogP contribution is -2.32. The zero-order valence-electron chi connectivity index (χ0n) is 20.2. The van der Waals surface area contributed by atoms with Crippen LogP contribution in [0.2, 0.25) is 0 Å². The molecular formula is C25H36N2O4S2. The average Bonchev–Trinajstić information content (AvgIpc) is 3.15. The highest BCUT2D eigenvalue weighted by Crippen LogP contribution is 2.39. The number of hydrogen-bond acceptors (Lipinski definition) is 4. The van der Waals surface area contributed by atoms with Crippen LogP contribution in [-0.2, 0) is 26.5 Å². The predicted molar refractivity (Wildman–Crippen MR) is 133 cm³/mol. The van der Waals surface area contributed by atoms with Gasteiger partial charge in [-0.3, -0.25) is 0 Å². The minimum absolute atomic E-state index is 0.306. The molecule has 1 aliphatic carbocycles. The van der Waals surface area contributed by atoms with Crippen molar-refractivity contribution >= 4 is 20.0 Å². The first-order valence-electron chi connectivity index (χ1n) is 12.0. The van der Waals surface area contributed by atoms with E-state index in [-0.39, 0.29) is 0 Å². The molecule has 182 valence electrons. The minimum atomic E-state index is -3.56. The number of fused-ring (bicyclic) bond motifs is 3. The first-order valence-corrected chi connectivity index (χ1v) is 14.8. The van der Waals surface area contributed by atoms with E-state index in [1.807, 2.05) is 39.8 Å². The van der Waals surface area contributed by atoms with Gasteiger partial charge >= 0.3 is 0 Å². The summed E-state index contributed by atoms with van der Waals surface area (Å²) in [5, 5.41) is 0. The molecule has 0 spiro atoms. The Kier molecular flexibility index (Phi) is 8.37. The molecule has 0 saturated carbocycles. The highest BCUT2D eigenvalue weighted by Gasteiger charge is 2.29. The van der Waals surface area contributed by atoms with Gasteiger partial charge in [0, 0.05) is 26.2 Å². The molecule has 3 rings (SSSR count). The standard InChI is InChI=1S/C25H36N2O4S2/c1-5-13-26(14-6-2)32(28,29)22-9-11-24-20(18-22)17-21-19-23(10-12-25(21)24)33(30,31)27(15-7-3)16-8-4/h9-12,18-19H,5-8,13-17H2,1-4H3. The van der Waals surface area contributed by atoms with Crippen LogP contribution in [0.1, 0.15) is 64.5 Å². The third-order valence-electron chi connectivity index (χ3n) is 5.99. The summed E-state index contributed by atoms with van der Waals surface area (Å²) in [5.74, 6) is 0. The topological polar surface area (TPSA) is 74.8 Å². The summed E-state index contributed by atoms with van der Waals surface area (Å²) in [4.78, 5) is 0.613. The number of benzene rings is 2. The lowest BCUT2D eigenvalue weighted by Gasteiger charge is -2.21. The summed E-state index contributed by atoms with van der Waals surface area (Å²) in [5.41, 5.74) is 3.80. The van der Waals surface area contributed by atoms with Crippen LogP contribution in [0, 0.1) is 0 Å². The predicted octanol–water partition coefficient (Wildman–Crippen LogP) is 4.88. The molecule has 0 unspecified atom stereocenters. The highest BCUT2D eigenvalue weighted by atomic mass is 32.2. The van der Waals surface area contributed by atoms with Gasteiger partial charge in [-0.05, 0) is 78.6 Å². The van der Waals surface area contributed by atoms with E-state index < -0.39 is 20.0 Å². The monoisotopic (exact) mass is 492 g/mol. The van der Waals surface area contributed by atoms with Gasteiger partial charge in [0.15, 0.2) is 0 Å². The van der Waals surface area contributed by atoms with Crippen LogP contribution in [0.25, 0.3) is 11.1 Å². The van der Waals surface area contributed by atoms with Crippen LogP contribution in [-0.4, -0.2) is 51.6 Å². The van der Waals surface area contributed by atoms with E-state index in [0.717, 1.165) is 47.9 Å². The summed E-state index contributed by atoms with van der Waals surface area (Å²) in [6.07, 6.45) is 3.58. The van der Waals surface area contributed by atoms with Crippen molar-refractivity contribution in [3.05, 3.63) is 47.5 Å². The molecule has 0 atom stereocenters. The van der Waals surface area contributed by atoms with Crippen molar-refractivity contribution in [2.75, 3.05) is 26.2 Å². The third-order valence-corrected chi connectivity index (χ3v) is 9.78. The van der Waals surface area contributed by atoms with E-state index in [9.17, 15) is 16.8 Å². The molecule has 0 aliphatic heterocycles. The summed E-state index contributed by atoms with van der Waals surface area (Å²) >= 11 is 0. The molecule has 33 heavy (non-hydrogen) atoms. The Labute approximate surface area is 199 Å². The van der Waals surface area contributed by atoms with Crippen LogP contribution in [0.5, 0.6) is 0 Å². The van der Waals surface area contributed by atoms with Crippen molar-refractivity contribution in [3.8, 4) is 11.1 Å². The third kappa shape index (κ3) is 5.19. The van der Waals surface area contributed by atoms with Crippen molar-refractivity contribution in [2.45, 2.75) is 69.6 Å². The Hall–Kier alpha value is -1.74. The number of hydrogen-bond donors (Lipinski definition) is 0. The zero-order chi connectivity index (χ0) is 24.2. The van der Waals surface area contributed by atoms with E-state index >= 15 is 0 Å². The molecule has 0 heterocycles. The molecule has 0 radical (unpaired) electrons. The van der Waals surface area contributed by atoms with E-state index in [1.165, 1.54) is 0 Å². The van der Waals surface area contributed by atoms with Crippen molar-refractivity contribution in [3.63, 3.8) is 0 Å². The van der Waals surface area contributed by atoms with Crippen molar-refractivity contribution < 1.29 is 16.8 Å². The molecule has 1 aliphatic rings. The van der Waals surface area contributed by atoms with Gasteiger partial charge in [0.2, 0.25) is 20.0 Å². The molecule has 0 saturated heterocycles. The number of sulfonamides is 2. The van der Waals surface area contributed by atoms with Crippen LogP contribution >= 0.6 is 0 Å². The summed E-state index contributed by atoms with van der Waals surface area (Å²) in [6, 6.07) is 10.6. The van der Waals surface area contributed by atoms with E-state index in [0.29, 0.717) is 42.4 Å². The van der Waals surface area contributed by atoms with Crippen molar-refractivity contribution in [1.29, 1.82) is 0 Å². The largest absolute Gasteiger partial charge is 0.243 e. The molecule has 0 N–H and O–H groups in total. The average molecular weight is 493 g/mol. The fraction of sp³-hybridized carbons (Fsp3) is 0.520. The van der Waals surface area contributed by atoms with Gasteiger partial charge in [-0.1, -0.05) is 39.8 Å². The van der Waals surface area contributed by atoms with E-state index in [2.05, 4.69) is 0 Å². The number of nitrogens with zero attached hydrogens (tertiary/aromatic N) is 2. The Bertz CT molecular complexity index is 1090. The second kappa shape index (κ2) is 10.7. The summed E-state index contributed by atoms with van der Waals surface area (Å²) < 4.78 is 55.9.